The third kappa shape index (κ3) is 5.18. The zero-order valence-electron chi connectivity index (χ0n) is 14.9. The number of aryl methyl sites for hydroxylation is 2. The molecule has 0 aliphatic carbocycles. The minimum Gasteiger partial charge on any atom is -0.484 e. The Hall–Kier alpha value is -2.64. The van der Waals surface area contributed by atoms with Crippen LogP contribution in [0.5, 0.6) is 5.75 Å². The predicted octanol–water partition coefficient (Wildman–Crippen LogP) is 3.81. The van der Waals surface area contributed by atoms with Gasteiger partial charge in [-0.15, -0.1) is 0 Å². The fourth-order valence-electron chi connectivity index (χ4n) is 2.40. The molecular formula is C20H18N2O3S2. The molecule has 0 aromatic heterocycles. The van der Waals surface area contributed by atoms with Gasteiger partial charge in [0.2, 0.25) is 0 Å². The van der Waals surface area contributed by atoms with Gasteiger partial charge in [-0.3, -0.25) is 9.59 Å². The first-order valence-corrected chi connectivity index (χ1v) is 9.48. The van der Waals surface area contributed by atoms with Crippen LogP contribution in [0.2, 0.25) is 0 Å². The lowest BCUT2D eigenvalue weighted by molar-refractivity contribution is -0.118. The van der Waals surface area contributed by atoms with Crippen LogP contribution in [0.3, 0.4) is 0 Å². The number of hydrogen-bond acceptors (Lipinski definition) is 5. The summed E-state index contributed by atoms with van der Waals surface area (Å²) in [5.74, 6) is 0.164. The Morgan fingerprint density at radius 2 is 1.93 bits per heavy atom. The standard InChI is InChI=1S/C20H18N2O3S2/c1-12-3-6-15(9-13(12)2)21-18(23)11-25-16-7-4-14(5-8-16)10-17-19(24)22-20(26)27-17/h3-10H,11H2,1-2H3,(H,21,23)(H,22,24,26)/b17-10+. The molecule has 2 N–H and O–H groups in total. The van der Waals surface area contributed by atoms with Gasteiger partial charge in [0.15, 0.2) is 6.61 Å². The Bertz CT molecular complexity index is 937. The van der Waals surface area contributed by atoms with E-state index in [1.807, 2.05) is 44.2 Å². The van der Waals surface area contributed by atoms with Crippen molar-refractivity contribution in [3.05, 3.63) is 64.1 Å². The van der Waals surface area contributed by atoms with Crippen molar-refractivity contribution < 1.29 is 14.3 Å². The molecule has 0 atom stereocenters. The average Bonchev–Trinajstić information content (AvgIpc) is 2.95. The second-order valence-corrected chi connectivity index (χ2v) is 7.78. The molecule has 2 amide bonds. The van der Waals surface area contributed by atoms with E-state index in [-0.39, 0.29) is 18.4 Å². The number of rotatable bonds is 5. The molecule has 7 heteroatoms. The maximum absolute atomic E-state index is 12.0. The van der Waals surface area contributed by atoms with Crippen molar-refractivity contribution >= 4 is 51.9 Å². The summed E-state index contributed by atoms with van der Waals surface area (Å²) in [4.78, 5) is 24.3. The van der Waals surface area contributed by atoms with Crippen LogP contribution in [0, 0.1) is 13.8 Å². The van der Waals surface area contributed by atoms with Gasteiger partial charge in [-0.2, -0.15) is 0 Å². The van der Waals surface area contributed by atoms with Crippen LogP contribution in [0.4, 0.5) is 5.69 Å². The minimum atomic E-state index is -0.225. The van der Waals surface area contributed by atoms with Gasteiger partial charge >= 0.3 is 0 Å². The second-order valence-electron chi connectivity index (χ2n) is 6.06. The van der Waals surface area contributed by atoms with Crippen LogP contribution < -0.4 is 15.4 Å². The maximum atomic E-state index is 12.0. The molecule has 0 bridgehead atoms. The highest BCUT2D eigenvalue weighted by Crippen LogP contribution is 2.26. The molecule has 1 aliphatic rings. The summed E-state index contributed by atoms with van der Waals surface area (Å²) in [7, 11) is 0. The normalized spacial score (nSPS) is 15.0. The van der Waals surface area contributed by atoms with Crippen molar-refractivity contribution in [2.75, 3.05) is 11.9 Å². The van der Waals surface area contributed by atoms with E-state index in [1.54, 1.807) is 18.2 Å². The van der Waals surface area contributed by atoms with E-state index in [2.05, 4.69) is 10.6 Å². The molecule has 1 aliphatic heterocycles. The molecular weight excluding hydrogens is 380 g/mol. The van der Waals surface area contributed by atoms with E-state index in [0.29, 0.717) is 15.0 Å². The summed E-state index contributed by atoms with van der Waals surface area (Å²) in [6.45, 7) is 3.94. The second kappa shape index (κ2) is 8.37. The first kappa shape index (κ1) is 19.1. The summed E-state index contributed by atoms with van der Waals surface area (Å²) >= 11 is 6.20. The lowest BCUT2D eigenvalue weighted by Crippen LogP contribution is -2.20. The zero-order valence-corrected chi connectivity index (χ0v) is 16.5. The van der Waals surface area contributed by atoms with Crippen molar-refractivity contribution in [2.45, 2.75) is 13.8 Å². The highest BCUT2D eigenvalue weighted by molar-refractivity contribution is 8.26. The van der Waals surface area contributed by atoms with Crippen LogP contribution in [-0.2, 0) is 9.59 Å². The SMILES string of the molecule is Cc1ccc(NC(=O)COc2ccc(/C=C3/SC(=S)NC3=O)cc2)cc1C. The Balaban J connectivity index is 1.54. The van der Waals surface area contributed by atoms with Crippen LogP contribution in [0.1, 0.15) is 16.7 Å². The fourth-order valence-corrected chi connectivity index (χ4v) is 3.44. The first-order valence-electron chi connectivity index (χ1n) is 8.25. The number of thioether (sulfide) groups is 1. The molecule has 0 unspecified atom stereocenters. The molecule has 2 aromatic carbocycles. The van der Waals surface area contributed by atoms with E-state index in [4.69, 9.17) is 17.0 Å². The van der Waals surface area contributed by atoms with Gasteiger partial charge in [-0.1, -0.05) is 42.2 Å². The van der Waals surface area contributed by atoms with E-state index in [0.717, 1.165) is 16.8 Å². The number of nitrogens with one attached hydrogen (secondary N) is 2. The fraction of sp³-hybridized carbons (Fsp3) is 0.150. The number of anilines is 1. The zero-order chi connectivity index (χ0) is 19.4. The van der Waals surface area contributed by atoms with Crippen molar-refractivity contribution in [1.29, 1.82) is 0 Å². The molecule has 138 valence electrons. The van der Waals surface area contributed by atoms with Crippen LogP contribution in [-0.4, -0.2) is 22.7 Å². The highest BCUT2D eigenvalue weighted by Gasteiger charge is 2.21. The summed E-state index contributed by atoms with van der Waals surface area (Å²) in [5.41, 5.74) is 3.89. The molecule has 3 rings (SSSR count). The number of hydrogen-bond donors (Lipinski definition) is 2. The van der Waals surface area contributed by atoms with Gasteiger partial charge in [0.05, 0.1) is 4.91 Å². The van der Waals surface area contributed by atoms with E-state index in [1.165, 1.54) is 17.3 Å². The first-order chi connectivity index (χ1) is 12.9. The van der Waals surface area contributed by atoms with E-state index < -0.39 is 0 Å². The number of ether oxygens (including phenoxy) is 1. The molecule has 0 spiro atoms. The quantitative estimate of drug-likeness (QED) is 0.592. The monoisotopic (exact) mass is 398 g/mol. The van der Waals surface area contributed by atoms with Gasteiger partial charge in [-0.05, 0) is 60.9 Å². The number of amides is 2. The van der Waals surface area contributed by atoms with E-state index >= 15 is 0 Å². The van der Waals surface area contributed by atoms with Gasteiger partial charge in [-0.25, -0.2) is 0 Å². The highest BCUT2D eigenvalue weighted by atomic mass is 32.2. The Morgan fingerprint density at radius 1 is 1.19 bits per heavy atom. The van der Waals surface area contributed by atoms with Crippen LogP contribution in [0.15, 0.2) is 47.4 Å². The summed E-state index contributed by atoms with van der Waals surface area (Å²) in [6, 6.07) is 12.9. The van der Waals surface area contributed by atoms with Crippen molar-refractivity contribution in [3.63, 3.8) is 0 Å². The topological polar surface area (TPSA) is 67.4 Å². The van der Waals surface area contributed by atoms with Gasteiger partial charge in [0.25, 0.3) is 11.8 Å². The summed E-state index contributed by atoms with van der Waals surface area (Å²) in [5, 5.41) is 5.39. The largest absolute Gasteiger partial charge is 0.484 e. The van der Waals surface area contributed by atoms with Crippen LogP contribution in [0.25, 0.3) is 6.08 Å². The smallest absolute Gasteiger partial charge is 0.263 e. The Labute approximate surface area is 167 Å². The molecule has 1 fully saturated rings. The molecule has 0 radical (unpaired) electrons. The molecule has 1 saturated heterocycles. The maximum Gasteiger partial charge on any atom is 0.263 e. The summed E-state index contributed by atoms with van der Waals surface area (Å²) in [6.07, 6.45) is 1.76. The lowest BCUT2D eigenvalue weighted by Gasteiger charge is -2.09. The molecule has 2 aromatic rings. The molecule has 5 nitrogen and oxygen atoms in total. The van der Waals surface area contributed by atoms with Gasteiger partial charge < -0.3 is 15.4 Å². The van der Waals surface area contributed by atoms with Crippen molar-refractivity contribution in [1.82, 2.24) is 5.32 Å². The molecule has 1 heterocycles. The van der Waals surface area contributed by atoms with Crippen molar-refractivity contribution in [3.8, 4) is 5.75 Å². The van der Waals surface area contributed by atoms with E-state index in [9.17, 15) is 9.59 Å². The Morgan fingerprint density at radius 3 is 2.56 bits per heavy atom. The van der Waals surface area contributed by atoms with Gasteiger partial charge in [0, 0.05) is 5.69 Å². The third-order valence-electron chi connectivity index (χ3n) is 3.98. The minimum absolute atomic E-state index is 0.0834. The Kier molecular flexibility index (Phi) is 5.93. The van der Waals surface area contributed by atoms with Crippen molar-refractivity contribution in [2.24, 2.45) is 0 Å². The predicted molar refractivity (Wildman–Crippen MR) is 113 cm³/mol. The third-order valence-corrected chi connectivity index (χ3v) is 5.14. The van der Waals surface area contributed by atoms with Crippen LogP contribution >= 0.6 is 24.0 Å². The number of thiocarbonyl (C=S) groups is 1. The number of benzene rings is 2. The molecule has 0 saturated carbocycles. The average molecular weight is 399 g/mol. The van der Waals surface area contributed by atoms with Gasteiger partial charge in [0.1, 0.15) is 10.1 Å². The lowest BCUT2D eigenvalue weighted by atomic mass is 10.1. The molecule has 27 heavy (non-hydrogen) atoms. The number of carbonyl (C=O) groups is 2. The number of carbonyl (C=O) groups excluding carboxylic acids is 2. The summed E-state index contributed by atoms with van der Waals surface area (Å²) < 4.78 is 5.98.